The predicted molar refractivity (Wildman–Crippen MR) is 145 cm³/mol. The molecule has 1 aliphatic heterocycles. The van der Waals surface area contributed by atoms with E-state index in [9.17, 15) is 14.7 Å². The number of hydrogen-bond donors (Lipinski definition) is 1. The summed E-state index contributed by atoms with van der Waals surface area (Å²) in [6.07, 6.45) is 0.561. The molecule has 7 nitrogen and oxygen atoms in total. The lowest BCUT2D eigenvalue weighted by Gasteiger charge is -2.25. The van der Waals surface area contributed by atoms with E-state index in [1.807, 2.05) is 68.4 Å². The maximum Gasteiger partial charge on any atom is 0.295 e. The summed E-state index contributed by atoms with van der Waals surface area (Å²) < 4.78 is 16.7. The van der Waals surface area contributed by atoms with Gasteiger partial charge in [-0.2, -0.15) is 0 Å². The number of Topliss-reactive ketones (excluding diaryl/α,β-unsaturated/α-hetero) is 1. The molecule has 38 heavy (non-hydrogen) atoms. The van der Waals surface area contributed by atoms with Gasteiger partial charge >= 0.3 is 0 Å². The van der Waals surface area contributed by atoms with Crippen LogP contribution >= 0.6 is 0 Å². The molecule has 7 heteroatoms. The molecule has 0 radical (unpaired) electrons. The first kappa shape index (κ1) is 26.9. The van der Waals surface area contributed by atoms with E-state index in [2.05, 4.69) is 0 Å². The largest absolute Gasteiger partial charge is 0.507 e. The van der Waals surface area contributed by atoms with Crippen LogP contribution in [-0.2, 0) is 20.9 Å². The zero-order valence-corrected chi connectivity index (χ0v) is 21.9. The Bertz CT molecular complexity index is 1270. The van der Waals surface area contributed by atoms with Gasteiger partial charge < -0.3 is 24.2 Å². The van der Waals surface area contributed by atoms with Crippen molar-refractivity contribution in [1.29, 1.82) is 0 Å². The first-order chi connectivity index (χ1) is 18.4. The van der Waals surface area contributed by atoms with Crippen molar-refractivity contribution in [1.82, 2.24) is 4.90 Å². The van der Waals surface area contributed by atoms with Crippen LogP contribution < -0.4 is 9.47 Å². The quantitative estimate of drug-likeness (QED) is 0.157. The molecule has 1 heterocycles. The molecule has 0 aromatic heterocycles. The molecule has 1 N–H and O–H groups in total. The number of ether oxygens (including phenoxy) is 3. The fourth-order valence-corrected chi connectivity index (χ4v) is 4.44. The van der Waals surface area contributed by atoms with Crippen molar-refractivity contribution >= 4 is 17.4 Å². The molecule has 1 atom stereocenters. The Morgan fingerprint density at radius 2 is 1.58 bits per heavy atom. The van der Waals surface area contributed by atoms with E-state index in [4.69, 9.17) is 14.2 Å². The summed E-state index contributed by atoms with van der Waals surface area (Å²) in [5.74, 6) is -0.259. The van der Waals surface area contributed by atoms with E-state index in [1.165, 1.54) is 4.90 Å². The van der Waals surface area contributed by atoms with Crippen LogP contribution in [0.25, 0.3) is 5.76 Å². The van der Waals surface area contributed by atoms with E-state index in [1.54, 1.807) is 31.4 Å². The Labute approximate surface area is 223 Å². The number of aliphatic hydroxyl groups is 1. The van der Waals surface area contributed by atoms with Crippen LogP contribution in [0.3, 0.4) is 0 Å². The average molecular weight is 516 g/mol. The topological polar surface area (TPSA) is 85.3 Å². The number of aliphatic hydroxyl groups excluding tert-OH is 1. The number of likely N-dealkylation sites (tertiary alicyclic amines) is 1. The second-order valence-corrected chi connectivity index (χ2v) is 9.37. The molecular weight excluding hydrogens is 482 g/mol. The van der Waals surface area contributed by atoms with Crippen LogP contribution in [0.5, 0.6) is 11.5 Å². The summed E-state index contributed by atoms with van der Waals surface area (Å²) in [7, 11) is 1.59. The Morgan fingerprint density at radius 3 is 2.21 bits per heavy atom. The summed E-state index contributed by atoms with van der Waals surface area (Å²) in [5, 5.41) is 11.3. The maximum absolute atomic E-state index is 13.2. The molecule has 198 valence electrons. The van der Waals surface area contributed by atoms with Crippen molar-refractivity contribution in [3.63, 3.8) is 0 Å². The Morgan fingerprint density at radius 1 is 0.921 bits per heavy atom. The van der Waals surface area contributed by atoms with Crippen LogP contribution in [0.2, 0.25) is 0 Å². The number of rotatable bonds is 11. The van der Waals surface area contributed by atoms with Gasteiger partial charge in [0.2, 0.25) is 0 Å². The Balaban J connectivity index is 1.65. The first-order valence-electron chi connectivity index (χ1n) is 12.7. The zero-order chi connectivity index (χ0) is 27.1. The van der Waals surface area contributed by atoms with E-state index < -0.39 is 17.7 Å². The summed E-state index contributed by atoms with van der Waals surface area (Å²) in [5.41, 5.74) is 2.24. The highest BCUT2D eigenvalue weighted by Crippen LogP contribution is 2.40. The molecule has 3 aromatic rings. The van der Waals surface area contributed by atoms with Gasteiger partial charge in [-0.1, -0.05) is 42.5 Å². The maximum atomic E-state index is 13.2. The fraction of sp³-hybridized carbons (Fsp3) is 0.290. The molecule has 0 aliphatic carbocycles. The van der Waals surface area contributed by atoms with Crippen molar-refractivity contribution in [2.24, 2.45) is 0 Å². The molecule has 4 rings (SSSR count). The number of carbonyl (C=O) groups is 2. The highest BCUT2D eigenvalue weighted by molar-refractivity contribution is 6.46. The van der Waals surface area contributed by atoms with Crippen molar-refractivity contribution in [3.8, 4) is 11.5 Å². The third-order valence-corrected chi connectivity index (χ3v) is 6.23. The van der Waals surface area contributed by atoms with E-state index in [0.717, 1.165) is 5.56 Å². The van der Waals surface area contributed by atoms with Crippen LogP contribution in [0.4, 0.5) is 0 Å². The van der Waals surface area contributed by atoms with Crippen molar-refractivity contribution < 1.29 is 28.9 Å². The summed E-state index contributed by atoms with van der Waals surface area (Å²) in [6.45, 7) is 5.03. The molecule has 1 amide bonds. The molecule has 0 saturated carbocycles. The smallest absolute Gasteiger partial charge is 0.295 e. The van der Waals surface area contributed by atoms with Gasteiger partial charge in [-0.25, -0.2) is 0 Å². The molecule has 0 bridgehead atoms. The second kappa shape index (κ2) is 12.4. The Hall–Kier alpha value is -4.10. The number of amides is 1. The molecule has 1 fully saturated rings. The number of methoxy groups -OCH3 is 1. The predicted octanol–water partition coefficient (Wildman–Crippen LogP) is 5.51. The molecule has 1 aliphatic rings. The summed E-state index contributed by atoms with van der Waals surface area (Å²) in [4.78, 5) is 27.8. The highest BCUT2D eigenvalue weighted by Gasteiger charge is 2.45. The van der Waals surface area contributed by atoms with Crippen molar-refractivity contribution in [2.75, 3.05) is 20.3 Å². The lowest BCUT2D eigenvalue weighted by Crippen LogP contribution is -2.31. The third kappa shape index (κ3) is 6.23. The van der Waals surface area contributed by atoms with Gasteiger partial charge in [-0.3, -0.25) is 9.59 Å². The minimum atomic E-state index is -0.735. The normalized spacial score (nSPS) is 16.7. The lowest BCUT2D eigenvalue weighted by molar-refractivity contribution is -0.140. The third-order valence-electron chi connectivity index (χ3n) is 6.23. The van der Waals surface area contributed by atoms with Gasteiger partial charge in [-0.05, 0) is 67.8 Å². The van der Waals surface area contributed by atoms with Crippen LogP contribution in [-0.4, -0.2) is 48.1 Å². The molecule has 1 saturated heterocycles. The number of hydrogen-bond acceptors (Lipinski definition) is 6. The van der Waals surface area contributed by atoms with Gasteiger partial charge in [0.1, 0.15) is 23.9 Å². The minimum Gasteiger partial charge on any atom is -0.507 e. The van der Waals surface area contributed by atoms with Gasteiger partial charge in [-0.15, -0.1) is 0 Å². The van der Waals surface area contributed by atoms with E-state index in [0.29, 0.717) is 48.8 Å². The monoisotopic (exact) mass is 515 g/mol. The average Bonchev–Trinajstić information content (AvgIpc) is 3.18. The lowest BCUT2D eigenvalue weighted by atomic mass is 9.95. The standard InChI is InChI=1S/C31H33NO6/c1-21(2)38-26-16-12-24(13-17-26)29(33)27-28(32(18-7-19-36-3)31(35)30(27)34)23-10-14-25(15-11-23)37-20-22-8-5-4-6-9-22/h4-6,8-17,21,28,33H,7,18-20H2,1-3H3/b29-27-. The Kier molecular flexibility index (Phi) is 8.81. The molecule has 1 unspecified atom stereocenters. The van der Waals surface area contributed by atoms with Gasteiger partial charge in [0.05, 0.1) is 17.7 Å². The molecular formula is C31H33NO6. The van der Waals surface area contributed by atoms with Crippen LogP contribution in [0.15, 0.2) is 84.4 Å². The number of ketones is 1. The minimum absolute atomic E-state index is 0.00603. The first-order valence-corrected chi connectivity index (χ1v) is 12.7. The van der Waals surface area contributed by atoms with E-state index >= 15 is 0 Å². The van der Waals surface area contributed by atoms with E-state index in [-0.39, 0.29) is 17.4 Å². The van der Waals surface area contributed by atoms with Crippen LogP contribution in [0, 0.1) is 0 Å². The molecule has 3 aromatic carbocycles. The van der Waals surface area contributed by atoms with Crippen molar-refractivity contribution in [3.05, 3.63) is 101 Å². The SMILES string of the molecule is COCCCN1C(=O)C(=O)/C(=C(\O)c2ccc(OC(C)C)cc2)C1c1ccc(OCc2ccccc2)cc1. The molecule has 0 spiro atoms. The zero-order valence-electron chi connectivity index (χ0n) is 21.9. The van der Waals surface area contributed by atoms with Crippen molar-refractivity contribution in [2.45, 2.75) is 39.0 Å². The highest BCUT2D eigenvalue weighted by atomic mass is 16.5. The van der Waals surface area contributed by atoms with Gasteiger partial charge in [0.25, 0.3) is 11.7 Å². The van der Waals surface area contributed by atoms with Gasteiger partial charge in [0.15, 0.2) is 0 Å². The summed E-state index contributed by atoms with van der Waals surface area (Å²) >= 11 is 0. The van der Waals surface area contributed by atoms with Crippen LogP contribution in [0.1, 0.15) is 43.0 Å². The summed E-state index contributed by atoms with van der Waals surface area (Å²) in [6, 6.07) is 23.2. The fourth-order valence-electron chi connectivity index (χ4n) is 4.44. The number of benzene rings is 3. The second-order valence-electron chi connectivity index (χ2n) is 9.37. The van der Waals surface area contributed by atoms with Gasteiger partial charge in [0, 0.05) is 25.8 Å². The number of nitrogens with zero attached hydrogens (tertiary/aromatic N) is 1. The number of carbonyl (C=O) groups excluding carboxylic acids is 2.